The van der Waals surface area contributed by atoms with Crippen molar-refractivity contribution in [2.75, 3.05) is 72.0 Å². The van der Waals surface area contributed by atoms with E-state index in [1.54, 1.807) is 0 Å². The number of amides is 2. The number of carboxylic acids is 4. The normalized spacial score (nSPS) is 15.1. The lowest BCUT2D eigenvalue weighted by atomic mass is 10.3. The first-order valence-electron chi connectivity index (χ1n) is 11.3. The van der Waals surface area contributed by atoms with Gasteiger partial charge in [0.1, 0.15) is 6.23 Å². The summed E-state index contributed by atoms with van der Waals surface area (Å²) in [5.41, 5.74) is 0. The number of aliphatic hydroxyl groups is 1. The average Bonchev–Trinajstić information content (AvgIpc) is 3.08. The van der Waals surface area contributed by atoms with E-state index >= 15 is 0 Å². The zero-order valence-corrected chi connectivity index (χ0v) is 20.2. The Kier molecular flexibility index (Phi) is 13.8. The van der Waals surface area contributed by atoms with Crippen LogP contribution in [0.25, 0.3) is 0 Å². The smallest absolute Gasteiger partial charge is 0.317 e. The van der Waals surface area contributed by atoms with Crippen molar-refractivity contribution in [1.29, 1.82) is 0 Å². The Morgan fingerprint density at radius 1 is 0.757 bits per heavy atom. The number of carboxylic acid groups (broad SMARTS) is 4. The molecule has 0 saturated carbocycles. The van der Waals surface area contributed by atoms with Crippen LogP contribution in [-0.4, -0.2) is 159 Å². The van der Waals surface area contributed by atoms with Crippen LogP contribution in [0, 0.1) is 0 Å². The molecule has 208 valence electrons. The minimum atomic E-state index is -1.24. The Balaban J connectivity index is 2.71. The lowest BCUT2D eigenvalue weighted by Gasteiger charge is -2.28. The van der Waals surface area contributed by atoms with Crippen molar-refractivity contribution in [2.24, 2.45) is 0 Å². The number of aliphatic carboxylic acids is 4. The van der Waals surface area contributed by atoms with Crippen molar-refractivity contribution < 1.29 is 54.3 Å². The molecule has 16 heteroatoms. The maximum absolute atomic E-state index is 12.5. The lowest BCUT2D eigenvalue weighted by Crippen LogP contribution is -2.47. The molecule has 0 bridgehead atoms. The van der Waals surface area contributed by atoms with E-state index in [4.69, 9.17) is 20.4 Å². The van der Waals surface area contributed by atoms with Gasteiger partial charge in [-0.25, -0.2) is 0 Å². The first-order chi connectivity index (χ1) is 17.4. The zero-order valence-electron chi connectivity index (χ0n) is 20.2. The molecule has 37 heavy (non-hydrogen) atoms. The largest absolute Gasteiger partial charge is 0.480 e. The fourth-order valence-electron chi connectivity index (χ4n) is 3.51. The van der Waals surface area contributed by atoms with Gasteiger partial charge >= 0.3 is 23.9 Å². The summed E-state index contributed by atoms with van der Waals surface area (Å²) in [7, 11) is 0. The van der Waals surface area contributed by atoms with Crippen LogP contribution in [-0.2, 0) is 28.8 Å². The molecule has 1 atom stereocenters. The summed E-state index contributed by atoms with van der Waals surface area (Å²) in [5, 5.41) is 48.4. The van der Waals surface area contributed by atoms with E-state index < -0.39 is 62.2 Å². The number of carbonyl (C=O) groups is 6. The molecule has 1 heterocycles. The van der Waals surface area contributed by atoms with E-state index in [-0.39, 0.29) is 51.7 Å². The van der Waals surface area contributed by atoms with Crippen LogP contribution in [0.4, 0.5) is 0 Å². The monoisotopic (exact) mass is 531 g/mol. The average molecular weight is 532 g/mol. The minimum Gasteiger partial charge on any atom is -0.480 e. The van der Waals surface area contributed by atoms with Gasteiger partial charge in [-0.2, -0.15) is 0 Å². The van der Waals surface area contributed by atoms with Crippen molar-refractivity contribution >= 4 is 35.7 Å². The Morgan fingerprint density at radius 3 is 1.57 bits per heavy atom. The van der Waals surface area contributed by atoms with Gasteiger partial charge in [0.05, 0.1) is 32.7 Å². The highest BCUT2D eigenvalue weighted by Crippen LogP contribution is 2.08. The molecule has 1 rings (SSSR count). The van der Waals surface area contributed by atoms with Crippen LogP contribution in [0.15, 0.2) is 12.2 Å². The predicted octanol–water partition coefficient (Wildman–Crippen LogP) is -3.55. The van der Waals surface area contributed by atoms with Crippen molar-refractivity contribution in [1.82, 2.24) is 24.9 Å². The second-order valence-electron chi connectivity index (χ2n) is 8.28. The van der Waals surface area contributed by atoms with Crippen molar-refractivity contribution in [3.8, 4) is 0 Å². The molecule has 6 N–H and O–H groups in total. The standard InChI is InChI=1S/C21H33N5O11/c27-15(22-4-1-5-26-16(28)2-3-17(26)29)10-23(6-8-24(11-18(30)31)12-19(32)33)7-9-25(13-20(34)35)14-21(36)37/h2-3,16,28H,1,4-14H2,(H,22,27)(H,30,31)(H,32,33)(H,34,35)(H,36,37). The van der Waals surface area contributed by atoms with E-state index in [0.717, 1.165) is 9.80 Å². The number of aliphatic hydroxyl groups excluding tert-OH is 1. The number of rotatable bonds is 20. The van der Waals surface area contributed by atoms with E-state index in [1.165, 1.54) is 22.0 Å². The Labute approximate surface area is 212 Å². The van der Waals surface area contributed by atoms with Gasteiger partial charge in [-0.15, -0.1) is 0 Å². The summed E-state index contributed by atoms with van der Waals surface area (Å²) in [6, 6.07) is 0. The topological polar surface area (TPSA) is 229 Å². The van der Waals surface area contributed by atoms with Gasteiger partial charge in [-0.05, 0) is 12.5 Å². The van der Waals surface area contributed by atoms with Crippen LogP contribution in [0.5, 0.6) is 0 Å². The first-order valence-corrected chi connectivity index (χ1v) is 11.3. The Hall–Kier alpha value is -3.60. The lowest BCUT2D eigenvalue weighted by molar-refractivity contribution is -0.143. The third-order valence-electron chi connectivity index (χ3n) is 5.18. The van der Waals surface area contributed by atoms with E-state index in [2.05, 4.69) is 5.32 Å². The molecule has 0 fully saturated rings. The molecule has 0 spiro atoms. The highest BCUT2D eigenvalue weighted by Gasteiger charge is 2.23. The predicted molar refractivity (Wildman–Crippen MR) is 124 cm³/mol. The fraction of sp³-hybridized carbons (Fsp3) is 0.619. The van der Waals surface area contributed by atoms with Gasteiger partial charge in [0, 0.05) is 45.3 Å². The number of hydrogen-bond donors (Lipinski definition) is 6. The molecule has 0 saturated heterocycles. The summed E-state index contributed by atoms with van der Waals surface area (Å²) in [6.45, 7) is -2.01. The van der Waals surface area contributed by atoms with Gasteiger partial charge in [0.15, 0.2) is 0 Å². The third kappa shape index (κ3) is 13.9. The fourth-order valence-corrected chi connectivity index (χ4v) is 3.51. The SMILES string of the molecule is O=C(O)CN(CCN(CCN(CC(=O)O)CC(=O)O)CC(=O)NCCCN1C(=O)C=CC1O)CC(=O)O. The Morgan fingerprint density at radius 2 is 1.19 bits per heavy atom. The molecule has 1 aliphatic rings. The van der Waals surface area contributed by atoms with Crippen LogP contribution in [0.1, 0.15) is 6.42 Å². The second-order valence-corrected chi connectivity index (χ2v) is 8.28. The van der Waals surface area contributed by atoms with Gasteiger partial charge in [-0.1, -0.05) is 0 Å². The quantitative estimate of drug-likeness (QED) is 0.0836. The van der Waals surface area contributed by atoms with Crippen LogP contribution in [0.2, 0.25) is 0 Å². The zero-order chi connectivity index (χ0) is 28.0. The number of carbonyl (C=O) groups excluding carboxylic acids is 2. The number of hydrogen-bond acceptors (Lipinski definition) is 10. The second kappa shape index (κ2) is 16.2. The molecule has 0 aromatic carbocycles. The summed E-state index contributed by atoms with van der Waals surface area (Å²) in [4.78, 5) is 73.3. The van der Waals surface area contributed by atoms with Gasteiger partial charge in [0.25, 0.3) is 0 Å². The highest BCUT2D eigenvalue weighted by atomic mass is 16.4. The molecule has 16 nitrogen and oxygen atoms in total. The van der Waals surface area contributed by atoms with Crippen LogP contribution in [0.3, 0.4) is 0 Å². The van der Waals surface area contributed by atoms with E-state index in [0.29, 0.717) is 6.42 Å². The van der Waals surface area contributed by atoms with E-state index in [9.17, 15) is 33.9 Å². The maximum atomic E-state index is 12.5. The number of nitrogens with one attached hydrogen (secondary N) is 1. The summed E-state index contributed by atoms with van der Waals surface area (Å²) >= 11 is 0. The molecule has 0 aromatic heterocycles. The molecule has 2 amide bonds. The van der Waals surface area contributed by atoms with Crippen LogP contribution >= 0.6 is 0 Å². The van der Waals surface area contributed by atoms with Crippen molar-refractivity contribution in [3.63, 3.8) is 0 Å². The number of nitrogens with zero attached hydrogens (tertiary/aromatic N) is 4. The summed E-state index contributed by atoms with van der Waals surface area (Å²) in [5.74, 6) is -5.75. The Bertz CT molecular complexity index is 794. The molecular weight excluding hydrogens is 498 g/mol. The summed E-state index contributed by atoms with van der Waals surface area (Å²) < 4.78 is 0. The molecule has 0 radical (unpaired) electrons. The van der Waals surface area contributed by atoms with E-state index in [1.807, 2.05) is 0 Å². The maximum Gasteiger partial charge on any atom is 0.317 e. The summed E-state index contributed by atoms with van der Waals surface area (Å²) in [6.07, 6.45) is 1.93. The molecule has 0 aromatic rings. The first kappa shape index (κ1) is 31.4. The molecule has 1 aliphatic heterocycles. The van der Waals surface area contributed by atoms with Gasteiger partial charge in [-0.3, -0.25) is 43.5 Å². The van der Waals surface area contributed by atoms with Crippen LogP contribution < -0.4 is 5.32 Å². The third-order valence-corrected chi connectivity index (χ3v) is 5.18. The molecular formula is C21H33N5O11. The van der Waals surface area contributed by atoms with Crippen molar-refractivity contribution in [3.05, 3.63) is 12.2 Å². The minimum absolute atomic E-state index is 0.0360. The van der Waals surface area contributed by atoms with Crippen molar-refractivity contribution in [2.45, 2.75) is 12.6 Å². The van der Waals surface area contributed by atoms with Gasteiger partial charge in [0.2, 0.25) is 11.8 Å². The molecule has 0 aliphatic carbocycles. The molecule has 1 unspecified atom stereocenters. The van der Waals surface area contributed by atoms with Gasteiger partial charge < -0.3 is 35.7 Å². The highest BCUT2D eigenvalue weighted by molar-refractivity contribution is 5.90.